The van der Waals surface area contributed by atoms with Crippen molar-refractivity contribution in [1.82, 2.24) is 5.32 Å². The van der Waals surface area contributed by atoms with Crippen molar-refractivity contribution >= 4 is 0 Å². The predicted molar refractivity (Wildman–Crippen MR) is 57.6 cm³/mol. The predicted octanol–water partition coefficient (Wildman–Crippen LogP) is 2.38. The van der Waals surface area contributed by atoms with Crippen LogP contribution in [0.25, 0.3) is 0 Å². The Balaban J connectivity index is 2.45. The number of benzene rings is 1. The van der Waals surface area contributed by atoms with Gasteiger partial charge in [-0.25, -0.2) is 4.39 Å². The fraction of sp³-hybridized carbons (Fsp3) is 0.417. The van der Waals surface area contributed by atoms with Gasteiger partial charge < -0.3 is 5.32 Å². The van der Waals surface area contributed by atoms with Gasteiger partial charge in [-0.2, -0.15) is 5.26 Å². The van der Waals surface area contributed by atoms with Gasteiger partial charge in [0.15, 0.2) is 0 Å². The molecule has 0 saturated heterocycles. The van der Waals surface area contributed by atoms with Crippen molar-refractivity contribution in [3.63, 3.8) is 0 Å². The summed E-state index contributed by atoms with van der Waals surface area (Å²) in [6.07, 6.45) is 0. The van der Waals surface area contributed by atoms with E-state index in [2.05, 4.69) is 11.4 Å². The van der Waals surface area contributed by atoms with Crippen molar-refractivity contribution in [2.24, 2.45) is 5.92 Å². The van der Waals surface area contributed by atoms with Crippen LogP contribution in [-0.4, -0.2) is 6.54 Å². The molecule has 0 aliphatic heterocycles. The topological polar surface area (TPSA) is 35.8 Å². The minimum Gasteiger partial charge on any atom is -0.311 e. The second-order valence-electron chi connectivity index (χ2n) is 3.74. The molecule has 0 aliphatic carbocycles. The molecule has 0 fully saturated rings. The van der Waals surface area contributed by atoms with Crippen LogP contribution in [0.4, 0.5) is 4.39 Å². The van der Waals surface area contributed by atoms with E-state index in [1.807, 2.05) is 13.0 Å². The highest BCUT2D eigenvalue weighted by Crippen LogP contribution is 2.08. The quantitative estimate of drug-likeness (QED) is 0.821. The van der Waals surface area contributed by atoms with Crippen LogP contribution in [0.15, 0.2) is 18.2 Å². The molecule has 0 spiro atoms. The highest BCUT2D eigenvalue weighted by atomic mass is 19.1. The van der Waals surface area contributed by atoms with Gasteiger partial charge in [-0.3, -0.25) is 0 Å². The van der Waals surface area contributed by atoms with Crippen molar-refractivity contribution in [3.05, 3.63) is 35.1 Å². The summed E-state index contributed by atoms with van der Waals surface area (Å²) in [5, 5.41) is 11.7. The van der Waals surface area contributed by atoms with Crippen molar-refractivity contribution in [2.75, 3.05) is 6.54 Å². The fourth-order valence-corrected chi connectivity index (χ4v) is 1.22. The van der Waals surface area contributed by atoms with Gasteiger partial charge in [0, 0.05) is 13.1 Å². The average Bonchev–Trinajstić information content (AvgIpc) is 2.23. The van der Waals surface area contributed by atoms with E-state index in [0.717, 1.165) is 5.56 Å². The van der Waals surface area contributed by atoms with E-state index in [4.69, 9.17) is 5.26 Å². The average molecular weight is 206 g/mol. The SMILES string of the molecule is Cc1ccc(CNCC(C)C#N)cc1F. The second kappa shape index (κ2) is 5.47. The van der Waals surface area contributed by atoms with Gasteiger partial charge in [0.25, 0.3) is 0 Å². The van der Waals surface area contributed by atoms with Gasteiger partial charge in [-0.1, -0.05) is 12.1 Å². The number of hydrogen-bond acceptors (Lipinski definition) is 2. The summed E-state index contributed by atoms with van der Waals surface area (Å²) in [6.45, 7) is 4.82. The Labute approximate surface area is 89.7 Å². The summed E-state index contributed by atoms with van der Waals surface area (Å²) in [7, 11) is 0. The zero-order valence-electron chi connectivity index (χ0n) is 9.05. The van der Waals surface area contributed by atoms with Gasteiger partial charge >= 0.3 is 0 Å². The van der Waals surface area contributed by atoms with Gasteiger partial charge in [0.2, 0.25) is 0 Å². The van der Waals surface area contributed by atoms with Crippen molar-refractivity contribution in [1.29, 1.82) is 5.26 Å². The third kappa shape index (κ3) is 3.69. The molecule has 1 unspecified atom stereocenters. The number of halogens is 1. The lowest BCUT2D eigenvalue weighted by Crippen LogP contribution is -2.19. The molecule has 3 heteroatoms. The number of nitriles is 1. The maximum Gasteiger partial charge on any atom is 0.126 e. The third-order valence-electron chi connectivity index (χ3n) is 2.24. The van der Waals surface area contributed by atoms with Crippen LogP contribution in [0.5, 0.6) is 0 Å². The molecule has 1 N–H and O–H groups in total. The molecule has 0 aromatic heterocycles. The number of aryl methyl sites for hydroxylation is 1. The minimum atomic E-state index is -0.178. The van der Waals surface area contributed by atoms with Gasteiger partial charge in [-0.05, 0) is 31.0 Å². The lowest BCUT2D eigenvalue weighted by Gasteiger charge is -2.06. The smallest absolute Gasteiger partial charge is 0.126 e. The molecule has 1 aromatic rings. The normalized spacial score (nSPS) is 12.1. The maximum absolute atomic E-state index is 13.2. The molecule has 2 nitrogen and oxygen atoms in total. The molecule has 0 amide bonds. The Morgan fingerprint density at radius 3 is 2.87 bits per heavy atom. The van der Waals surface area contributed by atoms with E-state index in [0.29, 0.717) is 18.7 Å². The molecule has 0 bridgehead atoms. The molecule has 0 saturated carbocycles. The Morgan fingerprint density at radius 2 is 2.27 bits per heavy atom. The first-order chi connectivity index (χ1) is 7.13. The molecule has 0 radical (unpaired) electrons. The van der Waals surface area contributed by atoms with Gasteiger partial charge in [0.05, 0.1) is 12.0 Å². The first kappa shape index (κ1) is 11.7. The van der Waals surface area contributed by atoms with Crippen LogP contribution in [0.2, 0.25) is 0 Å². The van der Waals surface area contributed by atoms with E-state index in [1.165, 1.54) is 6.07 Å². The Hall–Kier alpha value is -1.40. The molecule has 15 heavy (non-hydrogen) atoms. The summed E-state index contributed by atoms with van der Waals surface area (Å²) in [5.74, 6) is -0.192. The van der Waals surface area contributed by atoms with Crippen molar-refractivity contribution in [3.8, 4) is 6.07 Å². The van der Waals surface area contributed by atoms with Gasteiger partial charge in [0.1, 0.15) is 5.82 Å². The first-order valence-electron chi connectivity index (χ1n) is 4.99. The Kier molecular flexibility index (Phi) is 4.26. The molecule has 80 valence electrons. The Morgan fingerprint density at radius 1 is 1.53 bits per heavy atom. The van der Waals surface area contributed by atoms with Crippen LogP contribution in [0.1, 0.15) is 18.1 Å². The zero-order valence-corrected chi connectivity index (χ0v) is 9.05. The molecule has 1 aromatic carbocycles. The summed E-state index contributed by atoms with van der Waals surface area (Å²) in [5.41, 5.74) is 1.56. The van der Waals surface area contributed by atoms with Crippen LogP contribution in [0, 0.1) is 30.0 Å². The van der Waals surface area contributed by atoms with Crippen LogP contribution >= 0.6 is 0 Å². The number of hydrogen-bond donors (Lipinski definition) is 1. The Bertz CT molecular complexity index is 368. The van der Waals surface area contributed by atoms with Gasteiger partial charge in [-0.15, -0.1) is 0 Å². The number of nitrogens with one attached hydrogen (secondary N) is 1. The van der Waals surface area contributed by atoms with Crippen LogP contribution < -0.4 is 5.32 Å². The summed E-state index contributed by atoms with van der Waals surface area (Å²) < 4.78 is 13.2. The van der Waals surface area contributed by atoms with E-state index in [1.54, 1.807) is 13.0 Å². The maximum atomic E-state index is 13.2. The minimum absolute atomic E-state index is 0.0136. The highest BCUT2D eigenvalue weighted by Gasteiger charge is 2.01. The number of rotatable bonds is 4. The second-order valence-corrected chi connectivity index (χ2v) is 3.74. The molecular formula is C12H15FN2. The van der Waals surface area contributed by atoms with E-state index in [-0.39, 0.29) is 11.7 Å². The monoisotopic (exact) mass is 206 g/mol. The van der Waals surface area contributed by atoms with Crippen LogP contribution in [-0.2, 0) is 6.54 Å². The standard InChI is InChI=1S/C12H15FN2/c1-9(6-14)7-15-8-11-4-3-10(2)12(13)5-11/h3-5,9,15H,7-8H2,1-2H3. The van der Waals surface area contributed by atoms with Crippen LogP contribution in [0.3, 0.4) is 0 Å². The first-order valence-corrected chi connectivity index (χ1v) is 4.99. The largest absolute Gasteiger partial charge is 0.311 e. The number of nitrogens with zero attached hydrogens (tertiary/aromatic N) is 1. The summed E-state index contributed by atoms with van der Waals surface area (Å²) in [4.78, 5) is 0. The summed E-state index contributed by atoms with van der Waals surface area (Å²) >= 11 is 0. The van der Waals surface area contributed by atoms with E-state index >= 15 is 0 Å². The van der Waals surface area contributed by atoms with E-state index < -0.39 is 0 Å². The lowest BCUT2D eigenvalue weighted by atomic mass is 10.1. The van der Waals surface area contributed by atoms with Crippen molar-refractivity contribution in [2.45, 2.75) is 20.4 Å². The summed E-state index contributed by atoms with van der Waals surface area (Å²) in [6, 6.07) is 7.32. The zero-order chi connectivity index (χ0) is 11.3. The fourth-order valence-electron chi connectivity index (χ4n) is 1.22. The molecule has 1 rings (SSSR count). The highest BCUT2D eigenvalue weighted by molar-refractivity contribution is 5.23. The molecule has 0 heterocycles. The lowest BCUT2D eigenvalue weighted by molar-refractivity contribution is 0.591. The van der Waals surface area contributed by atoms with Crippen molar-refractivity contribution < 1.29 is 4.39 Å². The van der Waals surface area contributed by atoms with E-state index in [9.17, 15) is 4.39 Å². The molecule has 1 atom stereocenters. The third-order valence-corrected chi connectivity index (χ3v) is 2.24. The molecular weight excluding hydrogens is 191 g/mol. The molecule has 0 aliphatic rings.